The van der Waals surface area contributed by atoms with Gasteiger partial charge in [-0.15, -0.1) is 0 Å². The van der Waals surface area contributed by atoms with Gasteiger partial charge in [-0.1, -0.05) is 11.6 Å². The van der Waals surface area contributed by atoms with Crippen molar-refractivity contribution in [2.75, 3.05) is 0 Å². The molecule has 84 valence electrons. The third-order valence-electron chi connectivity index (χ3n) is 1.65. The Bertz CT molecular complexity index is 413. The van der Waals surface area contributed by atoms with Crippen molar-refractivity contribution in [3.05, 3.63) is 33.2 Å². The van der Waals surface area contributed by atoms with E-state index in [1.807, 2.05) is 0 Å². The maximum atomic E-state index is 12.0. The predicted octanol–water partition coefficient (Wildman–Crippen LogP) is 1.56. The maximum Gasteiger partial charge on any atom is 0.406 e. The molecule has 1 rings (SSSR count). The molecule has 0 atom stereocenters. The molecule has 0 unspecified atom stereocenters. The molecular formula is C8H7ClF3NO2. The summed E-state index contributed by atoms with van der Waals surface area (Å²) in [6.45, 7) is -2.06. The highest BCUT2D eigenvalue weighted by Gasteiger charge is 2.28. The molecule has 0 fully saturated rings. The fourth-order valence-electron chi connectivity index (χ4n) is 1.08. The van der Waals surface area contributed by atoms with Gasteiger partial charge in [-0.2, -0.15) is 13.2 Å². The number of aliphatic hydroxyl groups is 1. The lowest BCUT2D eigenvalue weighted by Crippen LogP contribution is -2.29. The molecule has 0 aromatic carbocycles. The van der Waals surface area contributed by atoms with E-state index in [0.717, 1.165) is 12.3 Å². The van der Waals surface area contributed by atoms with Crippen LogP contribution in [0.4, 0.5) is 13.2 Å². The quantitative estimate of drug-likeness (QED) is 0.854. The van der Waals surface area contributed by atoms with Crippen LogP contribution >= 0.6 is 11.6 Å². The second-order valence-electron chi connectivity index (χ2n) is 2.89. The zero-order valence-corrected chi connectivity index (χ0v) is 8.14. The van der Waals surface area contributed by atoms with Crippen molar-refractivity contribution in [2.45, 2.75) is 19.3 Å². The van der Waals surface area contributed by atoms with Gasteiger partial charge >= 0.3 is 6.18 Å². The summed E-state index contributed by atoms with van der Waals surface area (Å²) in [5, 5.41) is 8.69. The first-order chi connectivity index (χ1) is 6.83. The first kappa shape index (κ1) is 12.1. The molecule has 1 aromatic heterocycles. The predicted molar refractivity (Wildman–Crippen MR) is 47.7 cm³/mol. The number of aromatic nitrogens is 1. The van der Waals surface area contributed by atoms with Crippen molar-refractivity contribution in [2.24, 2.45) is 0 Å². The molecule has 1 N–H and O–H groups in total. The van der Waals surface area contributed by atoms with E-state index in [4.69, 9.17) is 16.7 Å². The summed E-state index contributed by atoms with van der Waals surface area (Å²) in [6.07, 6.45) is -3.61. The minimum atomic E-state index is -4.50. The van der Waals surface area contributed by atoms with E-state index in [1.54, 1.807) is 0 Å². The van der Waals surface area contributed by atoms with Crippen molar-refractivity contribution in [3.63, 3.8) is 0 Å². The van der Waals surface area contributed by atoms with Gasteiger partial charge < -0.3 is 9.67 Å². The van der Waals surface area contributed by atoms with Crippen LogP contribution in [-0.2, 0) is 13.2 Å². The van der Waals surface area contributed by atoms with Crippen LogP contribution in [-0.4, -0.2) is 15.8 Å². The van der Waals surface area contributed by atoms with Crippen LogP contribution in [0, 0.1) is 0 Å². The van der Waals surface area contributed by atoms with Gasteiger partial charge in [0.05, 0.1) is 11.6 Å². The van der Waals surface area contributed by atoms with E-state index < -0.39 is 24.9 Å². The average Bonchev–Trinajstić information content (AvgIpc) is 2.08. The second kappa shape index (κ2) is 4.24. The van der Waals surface area contributed by atoms with Crippen molar-refractivity contribution in [1.29, 1.82) is 0 Å². The molecular weight excluding hydrogens is 235 g/mol. The first-order valence-electron chi connectivity index (χ1n) is 3.90. The molecule has 0 amide bonds. The van der Waals surface area contributed by atoms with Crippen LogP contribution in [0.15, 0.2) is 17.1 Å². The van der Waals surface area contributed by atoms with E-state index in [9.17, 15) is 18.0 Å². The second-order valence-corrected chi connectivity index (χ2v) is 3.33. The van der Waals surface area contributed by atoms with Crippen LogP contribution in [0.25, 0.3) is 0 Å². The summed E-state index contributed by atoms with van der Waals surface area (Å²) >= 11 is 5.49. The fourth-order valence-corrected chi connectivity index (χ4v) is 1.33. The monoisotopic (exact) mass is 241 g/mol. The lowest BCUT2D eigenvalue weighted by Gasteiger charge is -2.10. The molecule has 0 aliphatic carbocycles. The largest absolute Gasteiger partial charge is 0.406 e. The minimum Gasteiger partial charge on any atom is -0.391 e. The van der Waals surface area contributed by atoms with Crippen molar-refractivity contribution < 1.29 is 18.3 Å². The number of hydrogen-bond acceptors (Lipinski definition) is 2. The summed E-state index contributed by atoms with van der Waals surface area (Å²) in [5.41, 5.74) is -1.05. The van der Waals surface area contributed by atoms with Crippen LogP contribution in [0.3, 0.4) is 0 Å². The van der Waals surface area contributed by atoms with Gasteiger partial charge in [0.25, 0.3) is 5.56 Å². The summed E-state index contributed by atoms with van der Waals surface area (Å²) in [6, 6.07) is 1.14. The highest BCUT2D eigenvalue weighted by Crippen LogP contribution is 2.17. The van der Waals surface area contributed by atoms with E-state index in [1.165, 1.54) is 0 Å². The Morgan fingerprint density at radius 2 is 2.07 bits per heavy atom. The van der Waals surface area contributed by atoms with Gasteiger partial charge in [0.2, 0.25) is 0 Å². The SMILES string of the molecule is O=c1c(CO)cc(Cl)cn1CC(F)(F)F. The minimum absolute atomic E-state index is 0.0251. The van der Waals surface area contributed by atoms with E-state index in [2.05, 4.69) is 0 Å². The Kier molecular flexibility index (Phi) is 3.41. The van der Waals surface area contributed by atoms with Crippen LogP contribution in [0.2, 0.25) is 5.02 Å². The van der Waals surface area contributed by atoms with Crippen LogP contribution in [0.5, 0.6) is 0 Å². The Morgan fingerprint density at radius 1 is 1.47 bits per heavy atom. The Morgan fingerprint density at radius 3 is 2.53 bits per heavy atom. The summed E-state index contributed by atoms with van der Waals surface area (Å²) in [7, 11) is 0. The molecule has 1 heterocycles. The lowest BCUT2D eigenvalue weighted by atomic mass is 10.3. The summed E-state index contributed by atoms with van der Waals surface area (Å²) in [4.78, 5) is 11.3. The lowest BCUT2D eigenvalue weighted by molar-refractivity contribution is -0.141. The molecule has 0 aliphatic heterocycles. The van der Waals surface area contributed by atoms with Crippen molar-refractivity contribution >= 4 is 11.6 Å². The van der Waals surface area contributed by atoms with Gasteiger partial charge in [-0.25, -0.2) is 0 Å². The molecule has 0 radical (unpaired) electrons. The van der Waals surface area contributed by atoms with Gasteiger partial charge in [0.15, 0.2) is 0 Å². The smallest absolute Gasteiger partial charge is 0.391 e. The topological polar surface area (TPSA) is 42.2 Å². The van der Waals surface area contributed by atoms with Crippen LogP contribution in [0.1, 0.15) is 5.56 Å². The molecule has 7 heteroatoms. The molecule has 0 saturated heterocycles. The molecule has 0 bridgehead atoms. The first-order valence-corrected chi connectivity index (χ1v) is 4.28. The molecule has 1 aromatic rings. The maximum absolute atomic E-state index is 12.0. The molecule has 0 aliphatic rings. The standard InChI is InChI=1S/C8H7ClF3NO2/c9-6-1-5(3-14)7(15)13(2-6)4-8(10,11)12/h1-2,14H,3-4H2. The molecule has 15 heavy (non-hydrogen) atoms. The average molecular weight is 242 g/mol. The Balaban J connectivity index is 3.18. The van der Waals surface area contributed by atoms with Gasteiger partial charge in [-0.3, -0.25) is 4.79 Å². The van der Waals surface area contributed by atoms with Gasteiger partial charge in [-0.05, 0) is 6.07 Å². The number of rotatable bonds is 2. The molecule has 0 saturated carbocycles. The summed E-state index contributed by atoms with van der Waals surface area (Å²) < 4.78 is 36.5. The number of nitrogens with zero attached hydrogens (tertiary/aromatic N) is 1. The molecule has 3 nitrogen and oxygen atoms in total. The van der Waals surface area contributed by atoms with Crippen LogP contribution < -0.4 is 5.56 Å². The number of aliphatic hydroxyl groups excluding tert-OH is 1. The third-order valence-corrected chi connectivity index (χ3v) is 1.85. The normalized spacial score (nSPS) is 11.8. The Labute approximate surface area is 87.7 Å². The highest BCUT2D eigenvalue weighted by molar-refractivity contribution is 6.30. The summed E-state index contributed by atoms with van der Waals surface area (Å²) in [5.74, 6) is 0. The van der Waals surface area contributed by atoms with E-state index >= 15 is 0 Å². The van der Waals surface area contributed by atoms with Crippen molar-refractivity contribution in [1.82, 2.24) is 4.57 Å². The number of pyridine rings is 1. The number of halogens is 4. The zero-order chi connectivity index (χ0) is 11.6. The van der Waals surface area contributed by atoms with Gasteiger partial charge in [0.1, 0.15) is 6.54 Å². The number of alkyl halides is 3. The van der Waals surface area contributed by atoms with E-state index in [0.29, 0.717) is 4.57 Å². The molecule has 0 spiro atoms. The fraction of sp³-hybridized carbons (Fsp3) is 0.375. The van der Waals surface area contributed by atoms with Gasteiger partial charge in [0, 0.05) is 11.8 Å². The number of hydrogen-bond donors (Lipinski definition) is 1. The zero-order valence-electron chi connectivity index (χ0n) is 7.38. The van der Waals surface area contributed by atoms with Crippen molar-refractivity contribution in [3.8, 4) is 0 Å². The highest BCUT2D eigenvalue weighted by atomic mass is 35.5. The Hall–Kier alpha value is -1.01. The van der Waals surface area contributed by atoms with E-state index in [-0.39, 0.29) is 10.6 Å². The third kappa shape index (κ3) is 3.24.